The van der Waals surface area contributed by atoms with Crippen molar-refractivity contribution in [1.29, 1.82) is 0 Å². The highest BCUT2D eigenvalue weighted by molar-refractivity contribution is 7.92. The van der Waals surface area contributed by atoms with E-state index in [1.54, 1.807) is 41.3 Å². The van der Waals surface area contributed by atoms with Gasteiger partial charge in [0.2, 0.25) is 0 Å². The summed E-state index contributed by atoms with van der Waals surface area (Å²) in [4.78, 5) is 0.0478. The van der Waals surface area contributed by atoms with Crippen molar-refractivity contribution in [2.75, 3.05) is 4.72 Å². The molecule has 3 rings (SSSR count). The Hall–Kier alpha value is -2.67. The van der Waals surface area contributed by atoms with Crippen LogP contribution in [0.25, 0.3) is 5.69 Å². The van der Waals surface area contributed by atoms with Gasteiger partial charge in [-0.2, -0.15) is 5.10 Å². The monoisotopic (exact) mass is 317 g/mol. The van der Waals surface area contributed by atoms with Crippen molar-refractivity contribution in [3.8, 4) is 5.69 Å². The van der Waals surface area contributed by atoms with Crippen LogP contribution in [0.2, 0.25) is 0 Å². The number of anilines is 1. The summed E-state index contributed by atoms with van der Waals surface area (Å²) in [5.41, 5.74) is 0.647. The molecule has 5 nitrogen and oxygen atoms in total. The van der Waals surface area contributed by atoms with Crippen LogP contribution in [0.1, 0.15) is 0 Å². The molecule has 0 radical (unpaired) electrons. The molecular formula is C15H12FN3O2S. The predicted octanol–water partition coefficient (Wildman–Crippen LogP) is 2.81. The van der Waals surface area contributed by atoms with Crippen molar-refractivity contribution < 1.29 is 12.8 Å². The van der Waals surface area contributed by atoms with Crippen LogP contribution in [-0.2, 0) is 10.0 Å². The number of halogens is 1. The Morgan fingerprint density at radius 1 is 1.00 bits per heavy atom. The molecule has 0 saturated heterocycles. The summed E-state index contributed by atoms with van der Waals surface area (Å²) in [7, 11) is -3.84. The van der Waals surface area contributed by atoms with E-state index >= 15 is 0 Å². The van der Waals surface area contributed by atoms with Gasteiger partial charge in [0.15, 0.2) is 0 Å². The number of nitrogens with one attached hydrogen (secondary N) is 1. The number of benzene rings is 2. The van der Waals surface area contributed by atoms with E-state index in [0.29, 0.717) is 0 Å². The number of sulfonamides is 1. The average molecular weight is 317 g/mol. The minimum atomic E-state index is -3.84. The Bertz CT molecular complexity index is 875. The van der Waals surface area contributed by atoms with Gasteiger partial charge < -0.3 is 0 Å². The zero-order valence-electron chi connectivity index (χ0n) is 11.3. The Balaban J connectivity index is 1.88. The Morgan fingerprint density at radius 3 is 2.36 bits per heavy atom. The molecule has 112 valence electrons. The lowest BCUT2D eigenvalue weighted by atomic mass is 10.3. The third-order valence-corrected chi connectivity index (χ3v) is 4.42. The van der Waals surface area contributed by atoms with Gasteiger partial charge in [0.25, 0.3) is 10.0 Å². The topological polar surface area (TPSA) is 64.0 Å². The lowest BCUT2D eigenvalue weighted by molar-refractivity contribution is 0.598. The van der Waals surface area contributed by atoms with Crippen LogP contribution < -0.4 is 4.72 Å². The van der Waals surface area contributed by atoms with Crippen molar-refractivity contribution in [2.24, 2.45) is 0 Å². The molecule has 22 heavy (non-hydrogen) atoms. The van der Waals surface area contributed by atoms with Crippen molar-refractivity contribution >= 4 is 15.7 Å². The minimum Gasteiger partial charge on any atom is -0.277 e. The average Bonchev–Trinajstić information content (AvgIpc) is 3.04. The van der Waals surface area contributed by atoms with E-state index in [4.69, 9.17) is 0 Å². The minimum absolute atomic E-state index is 0.0478. The number of para-hydroxylation sites is 1. The molecule has 0 aliphatic rings. The molecule has 1 aromatic heterocycles. The first-order valence-electron chi connectivity index (χ1n) is 6.44. The molecule has 7 heteroatoms. The molecule has 0 spiro atoms. The third kappa shape index (κ3) is 2.84. The second-order valence-corrected chi connectivity index (χ2v) is 6.21. The normalized spacial score (nSPS) is 11.3. The van der Waals surface area contributed by atoms with Crippen molar-refractivity contribution in [3.63, 3.8) is 0 Å². The quantitative estimate of drug-likeness (QED) is 0.805. The van der Waals surface area contributed by atoms with Crippen molar-refractivity contribution in [3.05, 3.63) is 72.8 Å². The van der Waals surface area contributed by atoms with Gasteiger partial charge in [-0.1, -0.05) is 12.1 Å². The second-order valence-electron chi connectivity index (χ2n) is 4.53. The lowest BCUT2D eigenvalue weighted by Gasteiger charge is -2.09. The molecule has 0 saturated carbocycles. The van der Waals surface area contributed by atoms with Crippen LogP contribution in [0, 0.1) is 5.82 Å². The number of hydrogen-bond donors (Lipinski definition) is 1. The van der Waals surface area contributed by atoms with Gasteiger partial charge in [-0.15, -0.1) is 0 Å². The van der Waals surface area contributed by atoms with Crippen LogP contribution in [0.15, 0.2) is 71.9 Å². The summed E-state index contributed by atoms with van der Waals surface area (Å²) in [6.07, 6.45) is 3.38. The fourth-order valence-electron chi connectivity index (χ4n) is 1.95. The highest BCUT2D eigenvalue weighted by Crippen LogP contribution is 2.19. The maximum atomic E-state index is 13.5. The molecule has 0 aliphatic carbocycles. The van der Waals surface area contributed by atoms with Crippen molar-refractivity contribution in [1.82, 2.24) is 9.78 Å². The van der Waals surface area contributed by atoms with Crippen LogP contribution >= 0.6 is 0 Å². The Labute approximate surface area is 127 Å². The van der Waals surface area contributed by atoms with E-state index in [9.17, 15) is 12.8 Å². The van der Waals surface area contributed by atoms with E-state index in [-0.39, 0.29) is 10.6 Å². The number of rotatable bonds is 4. The molecule has 0 aliphatic heterocycles. The van der Waals surface area contributed by atoms with E-state index in [2.05, 4.69) is 9.82 Å². The van der Waals surface area contributed by atoms with Crippen LogP contribution in [0.3, 0.4) is 0 Å². The van der Waals surface area contributed by atoms with Crippen LogP contribution in [0.4, 0.5) is 10.1 Å². The van der Waals surface area contributed by atoms with Gasteiger partial charge in [0.1, 0.15) is 5.82 Å². The van der Waals surface area contributed by atoms with E-state index < -0.39 is 15.8 Å². The molecule has 0 unspecified atom stereocenters. The number of aromatic nitrogens is 2. The SMILES string of the molecule is O=S(=O)(Nc1ccccc1F)c1ccc(-n2cccn2)cc1. The third-order valence-electron chi connectivity index (χ3n) is 3.03. The molecule has 0 bridgehead atoms. The highest BCUT2D eigenvalue weighted by Gasteiger charge is 2.16. The maximum Gasteiger partial charge on any atom is 0.261 e. The highest BCUT2D eigenvalue weighted by atomic mass is 32.2. The first-order valence-corrected chi connectivity index (χ1v) is 7.92. The summed E-state index contributed by atoms with van der Waals surface area (Å²) in [6, 6.07) is 13.5. The van der Waals surface area contributed by atoms with Crippen LogP contribution in [0.5, 0.6) is 0 Å². The van der Waals surface area contributed by atoms with E-state index in [1.807, 2.05) is 0 Å². The molecule has 2 aromatic carbocycles. The zero-order valence-corrected chi connectivity index (χ0v) is 12.2. The molecule has 0 atom stereocenters. The number of hydrogen-bond acceptors (Lipinski definition) is 3. The van der Waals surface area contributed by atoms with Crippen LogP contribution in [-0.4, -0.2) is 18.2 Å². The first kappa shape index (κ1) is 14.3. The zero-order chi connectivity index (χ0) is 15.6. The van der Waals surface area contributed by atoms with Gasteiger partial charge in [-0.05, 0) is 42.5 Å². The standard InChI is InChI=1S/C15H12FN3O2S/c16-14-4-1-2-5-15(14)18-22(20,21)13-8-6-12(7-9-13)19-11-3-10-17-19/h1-11,18H. The molecule has 3 aromatic rings. The summed E-state index contributed by atoms with van der Waals surface area (Å²) < 4.78 is 41.9. The summed E-state index contributed by atoms with van der Waals surface area (Å²) in [5.74, 6) is -0.626. The fourth-order valence-corrected chi connectivity index (χ4v) is 3.01. The molecule has 0 fully saturated rings. The fraction of sp³-hybridized carbons (Fsp3) is 0. The second kappa shape index (κ2) is 5.61. The summed E-state index contributed by atoms with van der Waals surface area (Å²) in [5, 5.41) is 4.06. The number of nitrogens with zero attached hydrogens (tertiary/aromatic N) is 2. The maximum absolute atomic E-state index is 13.5. The largest absolute Gasteiger partial charge is 0.277 e. The Morgan fingerprint density at radius 2 is 1.73 bits per heavy atom. The van der Waals surface area contributed by atoms with Gasteiger partial charge in [-0.25, -0.2) is 17.5 Å². The van der Waals surface area contributed by atoms with Gasteiger partial charge >= 0.3 is 0 Å². The van der Waals surface area contributed by atoms with Crippen molar-refractivity contribution in [2.45, 2.75) is 4.90 Å². The van der Waals surface area contributed by atoms with Gasteiger partial charge in [-0.3, -0.25) is 4.72 Å². The molecular weight excluding hydrogens is 305 g/mol. The van der Waals surface area contributed by atoms with E-state index in [1.165, 1.54) is 30.3 Å². The Kier molecular flexibility index (Phi) is 3.64. The molecule has 1 N–H and O–H groups in total. The molecule has 1 heterocycles. The summed E-state index contributed by atoms with van der Waals surface area (Å²) >= 11 is 0. The first-order chi connectivity index (χ1) is 10.6. The van der Waals surface area contributed by atoms with E-state index in [0.717, 1.165) is 5.69 Å². The molecule has 0 amide bonds. The smallest absolute Gasteiger partial charge is 0.261 e. The van der Waals surface area contributed by atoms with Gasteiger partial charge in [0.05, 0.1) is 16.3 Å². The lowest BCUT2D eigenvalue weighted by Crippen LogP contribution is -2.14. The summed E-state index contributed by atoms with van der Waals surface area (Å²) in [6.45, 7) is 0. The predicted molar refractivity (Wildman–Crippen MR) is 80.8 cm³/mol. The van der Waals surface area contributed by atoms with Gasteiger partial charge in [0, 0.05) is 12.4 Å².